The van der Waals surface area contributed by atoms with Crippen molar-refractivity contribution in [3.8, 4) is 22.5 Å². The van der Waals surface area contributed by atoms with Crippen LogP contribution in [0.1, 0.15) is 34.1 Å². The number of hydrogen-bond acceptors (Lipinski definition) is 3. The molecule has 0 fully saturated rings. The molecule has 172 valence electrons. The number of pyridine rings is 1. The van der Waals surface area contributed by atoms with Gasteiger partial charge in [0, 0.05) is 12.1 Å². The van der Waals surface area contributed by atoms with Crippen molar-refractivity contribution < 1.29 is 13.9 Å². The van der Waals surface area contributed by atoms with Gasteiger partial charge in [0.05, 0.1) is 22.5 Å². The molecule has 1 N–H and O–H groups in total. The lowest BCUT2D eigenvalue weighted by molar-refractivity contribution is 0.0513. The van der Waals surface area contributed by atoms with Gasteiger partial charge in [0.15, 0.2) is 0 Å². The maximum Gasteiger partial charge on any atom is 0.356 e. The van der Waals surface area contributed by atoms with Gasteiger partial charge in [-0.15, -0.1) is 0 Å². The number of carbonyl (C=O) groups is 1. The highest BCUT2D eigenvalue weighted by molar-refractivity contribution is 9.10. The number of aromatic amines is 1. The third-order valence-corrected chi connectivity index (χ3v) is 6.96. The van der Waals surface area contributed by atoms with Crippen molar-refractivity contribution in [3.63, 3.8) is 0 Å². The van der Waals surface area contributed by atoms with E-state index in [9.17, 15) is 14.0 Å². The molecule has 1 aliphatic rings. The summed E-state index contributed by atoms with van der Waals surface area (Å²) < 4.78 is 21.4. The number of ether oxygens (including phenoxy) is 1. The molecule has 5 rings (SSSR count). The smallest absolute Gasteiger partial charge is 0.356 e. The number of carbonyl (C=O) groups excluding carboxylic acids is 1. The quantitative estimate of drug-likeness (QED) is 0.341. The fourth-order valence-electron chi connectivity index (χ4n) is 4.56. The SMILES string of the molecule is CCOC(=O)c1c(Br)c2c(n1Cc1ccc(F)cc1)-c1[nH]c(=O)c(-c3ccccc3)cc1CC2. The van der Waals surface area contributed by atoms with Crippen LogP contribution in [-0.2, 0) is 24.1 Å². The van der Waals surface area contributed by atoms with Crippen LogP contribution < -0.4 is 5.56 Å². The van der Waals surface area contributed by atoms with E-state index in [1.54, 1.807) is 19.1 Å². The molecule has 0 saturated carbocycles. The van der Waals surface area contributed by atoms with Gasteiger partial charge in [0.25, 0.3) is 5.56 Å². The number of nitrogens with zero attached hydrogens (tertiary/aromatic N) is 1. The van der Waals surface area contributed by atoms with Gasteiger partial charge in [-0.1, -0.05) is 42.5 Å². The zero-order chi connectivity index (χ0) is 23.8. The highest BCUT2D eigenvalue weighted by Gasteiger charge is 2.32. The van der Waals surface area contributed by atoms with Gasteiger partial charge in [0.2, 0.25) is 0 Å². The van der Waals surface area contributed by atoms with Gasteiger partial charge in [0.1, 0.15) is 11.5 Å². The third kappa shape index (κ3) is 3.90. The van der Waals surface area contributed by atoms with Crippen LogP contribution in [0.5, 0.6) is 0 Å². The van der Waals surface area contributed by atoms with Crippen molar-refractivity contribution >= 4 is 21.9 Å². The summed E-state index contributed by atoms with van der Waals surface area (Å²) in [6, 6.07) is 17.7. The molecule has 0 aliphatic heterocycles. The molecule has 0 unspecified atom stereocenters. The topological polar surface area (TPSA) is 64.1 Å². The van der Waals surface area contributed by atoms with Crippen LogP contribution in [-0.4, -0.2) is 22.1 Å². The van der Waals surface area contributed by atoms with E-state index in [0.717, 1.165) is 34.4 Å². The number of fused-ring (bicyclic) bond motifs is 3. The zero-order valence-corrected chi connectivity index (χ0v) is 20.1. The molecule has 0 amide bonds. The molecule has 2 heterocycles. The van der Waals surface area contributed by atoms with Gasteiger partial charge >= 0.3 is 5.97 Å². The maximum atomic E-state index is 13.5. The number of nitrogens with one attached hydrogen (secondary N) is 1. The summed E-state index contributed by atoms with van der Waals surface area (Å²) in [6.45, 7) is 2.33. The maximum absolute atomic E-state index is 13.5. The van der Waals surface area contributed by atoms with E-state index >= 15 is 0 Å². The Bertz CT molecular complexity index is 1440. The molecule has 2 aromatic heterocycles. The summed E-state index contributed by atoms with van der Waals surface area (Å²) in [5.74, 6) is -0.774. The first-order valence-electron chi connectivity index (χ1n) is 11.1. The molecule has 5 nitrogen and oxygen atoms in total. The number of halogens is 2. The molecule has 0 bridgehead atoms. The Morgan fingerprint density at radius 1 is 1.12 bits per heavy atom. The molecule has 0 saturated heterocycles. The highest BCUT2D eigenvalue weighted by Crippen LogP contribution is 2.41. The molecular weight excluding hydrogens is 499 g/mol. The Balaban J connectivity index is 1.71. The number of benzene rings is 2. The Hall–Kier alpha value is -3.45. The average Bonchev–Trinajstić information content (AvgIpc) is 3.12. The van der Waals surface area contributed by atoms with Crippen molar-refractivity contribution in [2.75, 3.05) is 6.61 Å². The fourth-order valence-corrected chi connectivity index (χ4v) is 5.32. The van der Waals surface area contributed by atoms with Crippen LogP contribution >= 0.6 is 15.9 Å². The first-order valence-corrected chi connectivity index (χ1v) is 11.9. The van der Waals surface area contributed by atoms with E-state index in [1.807, 2.05) is 41.0 Å². The van der Waals surface area contributed by atoms with Gasteiger partial charge in [-0.05, 0) is 76.1 Å². The van der Waals surface area contributed by atoms with E-state index in [-0.39, 0.29) is 18.0 Å². The van der Waals surface area contributed by atoms with Crippen LogP contribution in [0.2, 0.25) is 0 Å². The van der Waals surface area contributed by atoms with Crippen molar-refractivity contribution in [1.29, 1.82) is 0 Å². The second kappa shape index (κ2) is 9.06. The van der Waals surface area contributed by atoms with Crippen LogP contribution in [0.25, 0.3) is 22.5 Å². The van der Waals surface area contributed by atoms with E-state index in [0.29, 0.717) is 34.4 Å². The third-order valence-electron chi connectivity index (χ3n) is 6.11. The molecule has 1 aliphatic carbocycles. The Labute approximate surface area is 204 Å². The molecule has 34 heavy (non-hydrogen) atoms. The van der Waals surface area contributed by atoms with E-state index in [1.165, 1.54) is 12.1 Å². The average molecular weight is 521 g/mol. The van der Waals surface area contributed by atoms with Crippen molar-refractivity contribution in [2.45, 2.75) is 26.3 Å². The summed E-state index contributed by atoms with van der Waals surface area (Å²) in [4.78, 5) is 29.2. The largest absolute Gasteiger partial charge is 0.461 e. The van der Waals surface area contributed by atoms with Gasteiger partial charge in [-0.3, -0.25) is 4.79 Å². The molecule has 0 atom stereocenters. The molecule has 0 spiro atoms. The Kier molecular flexibility index (Phi) is 5.96. The van der Waals surface area contributed by atoms with Crippen LogP contribution in [0.4, 0.5) is 4.39 Å². The summed E-state index contributed by atoms with van der Waals surface area (Å²) in [5, 5.41) is 0. The summed E-state index contributed by atoms with van der Waals surface area (Å²) in [5.41, 5.74) is 5.91. The minimum atomic E-state index is -0.448. The first kappa shape index (κ1) is 22.3. The molecular formula is C27H22BrFN2O3. The fraction of sp³-hybridized carbons (Fsp3) is 0.185. The summed E-state index contributed by atoms with van der Waals surface area (Å²) in [7, 11) is 0. The summed E-state index contributed by atoms with van der Waals surface area (Å²) in [6.07, 6.45) is 1.42. The zero-order valence-electron chi connectivity index (χ0n) is 18.5. The second-order valence-electron chi connectivity index (χ2n) is 8.20. The number of aryl methyl sites for hydroxylation is 1. The van der Waals surface area contributed by atoms with Gasteiger partial charge < -0.3 is 14.3 Å². The van der Waals surface area contributed by atoms with E-state index in [4.69, 9.17) is 4.74 Å². The Morgan fingerprint density at radius 3 is 2.56 bits per heavy atom. The number of rotatable bonds is 5. The molecule has 7 heteroatoms. The lowest BCUT2D eigenvalue weighted by Gasteiger charge is -2.21. The second-order valence-corrected chi connectivity index (χ2v) is 8.99. The monoisotopic (exact) mass is 520 g/mol. The van der Waals surface area contributed by atoms with E-state index < -0.39 is 5.97 Å². The van der Waals surface area contributed by atoms with Crippen LogP contribution in [0.15, 0.2) is 69.9 Å². The minimum absolute atomic E-state index is 0.193. The Morgan fingerprint density at radius 2 is 1.85 bits per heavy atom. The number of hydrogen-bond donors (Lipinski definition) is 1. The predicted octanol–water partition coefficient (Wildman–Crippen LogP) is 5.74. The van der Waals surface area contributed by atoms with Crippen LogP contribution in [0.3, 0.4) is 0 Å². The normalized spacial score (nSPS) is 12.2. The van der Waals surface area contributed by atoms with Gasteiger partial charge in [-0.25, -0.2) is 9.18 Å². The van der Waals surface area contributed by atoms with Crippen LogP contribution in [0, 0.1) is 5.82 Å². The number of H-pyrrole nitrogens is 1. The van der Waals surface area contributed by atoms with Crippen molar-refractivity contribution in [3.05, 3.63) is 104 Å². The lowest BCUT2D eigenvalue weighted by atomic mass is 9.92. The van der Waals surface area contributed by atoms with Crippen molar-refractivity contribution in [2.24, 2.45) is 0 Å². The van der Waals surface area contributed by atoms with Crippen molar-refractivity contribution in [1.82, 2.24) is 9.55 Å². The number of esters is 1. The number of aromatic nitrogens is 2. The molecule has 0 radical (unpaired) electrons. The highest BCUT2D eigenvalue weighted by atomic mass is 79.9. The minimum Gasteiger partial charge on any atom is -0.461 e. The lowest BCUT2D eigenvalue weighted by Crippen LogP contribution is -2.19. The molecule has 2 aromatic carbocycles. The standard InChI is InChI=1S/C27H22BrFN2O3/c1-2-34-27(33)25-22(28)20-13-10-18-14-21(17-6-4-3-5-7-17)26(32)30-23(18)24(20)31(25)15-16-8-11-19(29)12-9-16/h3-9,11-12,14H,2,10,13,15H2,1H3,(H,30,32). The predicted molar refractivity (Wildman–Crippen MR) is 132 cm³/mol. The van der Waals surface area contributed by atoms with E-state index in [2.05, 4.69) is 20.9 Å². The summed E-state index contributed by atoms with van der Waals surface area (Å²) >= 11 is 3.63. The first-order chi connectivity index (χ1) is 16.5. The van der Waals surface area contributed by atoms with Gasteiger partial charge in [-0.2, -0.15) is 0 Å². The molecule has 4 aromatic rings.